The molecule has 26 heavy (non-hydrogen) atoms. The van der Waals surface area contributed by atoms with Gasteiger partial charge in [0.25, 0.3) is 0 Å². The number of rotatable bonds is 5. The second-order valence-electron chi connectivity index (χ2n) is 6.30. The van der Waals surface area contributed by atoms with Crippen LogP contribution in [0, 0.1) is 0 Å². The van der Waals surface area contributed by atoms with E-state index in [1.807, 2.05) is 0 Å². The Kier molecular flexibility index (Phi) is 7.27. The molecule has 10 atom stereocenters. The number of aliphatic hydroxyl groups excluding tert-OH is 7. The topological polar surface area (TPSA) is 198 Å². The highest BCUT2D eigenvalue weighted by molar-refractivity contribution is 5.73. The summed E-state index contributed by atoms with van der Waals surface area (Å²) < 4.78 is 15.7. The van der Waals surface area contributed by atoms with E-state index in [0.717, 1.165) is 0 Å². The fourth-order valence-electron chi connectivity index (χ4n) is 2.87. The van der Waals surface area contributed by atoms with E-state index in [1.165, 1.54) is 6.92 Å². The highest BCUT2D eigenvalue weighted by Crippen LogP contribution is 2.25. The van der Waals surface area contributed by atoms with Crippen molar-refractivity contribution in [2.45, 2.75) is 68.3 Å². The van der Waals surface area contributed by atoms with Gasteiger partial charge in [-0.1, -0.05) is 0 Å². The summed E-state index contributed by atoms with van der Waals surface area (Å²) in [7, 11) is 0. The number of hydrogen-bond acceptors (Lipinski definition) is 11. The molecule has 0 unspecified atom stereocenters. The van der Waals surface area contributed by atoms with E-state index in [2.05, 4.69) is 5.32 Å². The monoisotopic (exact) mass is 383 g/mol. The minimum atomic E-state index is -1.75. The van der Waals surface area contributed by atoms with Crippen molar-refractivity contribution in [3.8, 4) is 0 Å². The molecule has 0 aromatic heterocycles. The number of carbonyl (C=O) groups excluding carboxylic acids is 1. The van der Waals surface area contributed by atoms with Crippen LogP contribution < -0.4 is 5.32 Å². The first-order valence-corrected chi connectivity index (χ1v) is 8.06. The van der Waals surface area contributed by atoms with E-state index in [9.17, 15) is 40.5 Å². The van der Waals surface area contributed by atoms with Crippen LogP contribution in [0.5, 0.6) is 0 Å². The van der Waals surface area contributed by atoms with Gasteiger partial charge in [0.2, 0.25) is 5.91 Å². The largest absolute Gasteiger partial charge is 0.394 e. The Morgan fingerprint density at radius 3 is 2.12 bits per heavy atom. The van der Waals surface area contributed by atoms with Crippen molar-refractivity contribution >= 4 is 5.91 Å². The predicted octanol–water partition coefficient (Wildman–Crippen LogP) is -5.25. The molecule has 2 aliphatic heterocycles. The van der Waals surface area contributed by atoms with Crippen molar-refractivity contribution in [3.63, 3.8) is 0 Å². The Morgan fingerprint density at radius 2 is 1.54 bits per heavy atom. The molecular weight excluding hydrogens is 358 g/mol. The van der Waals surface area contributed by atoms with Crippen LogP contribution in [-0.2, 0) is 19.0 Å². The first-order valence-electron chi connectivity index (χ1n) is 8.06. The van der Waals surface area contributed by atoms with Gasteiger partial charge in [0.1, 0.15) is 48.8 Å². The van der Waals surface area contributed by atoms with Gasteiger partial charge >= 0.3 is 0 Å². The molecule has 0 radical (unpaired) electrons. The molecule has 2 rings (SSSR count). The average Bonchev–Trinajstić information content (AvgIpc) is 2.60. The van der Waals surface area contributed by atoms with Gasteiger partial charge in [-0.2, -0.15) is 0 Å². The molecule has 2 heterocycles. The molecule has 8 N–H and O–H groups in total. The zero-order valence-corrected chi connectivity index (χ0v) is 14.0. The van der Waals surface area contributed by atoms with Gasteiger partial charge in [-0.25, -0.2) is 0 Å². The number of ether oxygens (including phenoxy) is 3. The molecule has 0 spiro atoms. The van der Waals surface area contributed by atoms with Gasteiger partial charge in [0, 0.05) is 6.92 Å². The third kappa shape index (κ3) is 4.48. The van der Waals surface area contributed by atoms with Gasteiger partial charge < -0.3 is 55.3 Å². The summed E-state index contributed by atoms with van der Waals surface area (Å²) in [6.45, 7) is 0.0944. The molecule has 2 aliphatic rings. The maximum Gasteiger partial charge on any atom is 0.217 e. The van der Waals surface area contributed by atoms with Crippen LogP contribution in [0.25, 0.3) is 0 Å². The molecule has 152 valence electrons. The predicted molar refractivity (Wildman–Crippen MR) is 80.2 cm³/mol. The van der Waals surface area contributed by atoms with Crippen molar-refractivity contribution in [2.75, 3.05) is 13.2 Å². The second kappa shape index (κ2) is 8.84. The van der Waals surface area contributed by atoms with Crippen molar-refractivity contribution < 1.29 is 54.8 Å². The molecule has 0 aromatic rings. The molecule has 0 saturated carbocycles. The summed E-state index contributed by atoms with van der Waals surface area (Å²) in [6, 6.07) is -1.19. The summed E-state index contributed by atoms with van der Waals surface area (Å²) in [5.74, 6) is -0.538. The fraction of sp³-hybridized carbons (Fsp3) is 0.929. The summed E-state index contributed by atoms with van der Waals surface area (Å²) in [4.78, 5) is 11.3. The Morgan fingerprint density at radius 1 is 0.923 bits per heavy atom. The van der Waals surface area contributed by atoms with Crippen molar-refractivity contribution in [2.24, 2.45) is 0 Å². The molecule has 0 aliphatic carbocycles. The molecule has 0 aromatic carbocycles. The van der Waals surface area contributed by atoms with Crippen LogP contribution in [0.1, 0.15) is 6.92 Å². The van der Waals surface area contributed by atoms with Crippen LogP contribution in [0.15, 0.2) is 0 Å². The second-order valence-corrected chi connectivity index (χ2v) is 6.30. The zero-order valence-electron chi connectivity index (χ0n) is 14.0. The molecular formula is C14H25NO11. The maximum absolute atomic E-state index is 11.3. The van der Waals surface area contributed by atoms with Crippen molar-refractivity contribution in [1.82, 2.24) is 5.32 Å². The molecule has 12 heteroatoms. The standard InChI is InChI=1S/C14H25NO11/c1-4(17)15-7-10(20)8(18)5(2-16)26-14(7)24-3-6-9(19)11(21)12(22)13(23)25-6/h5-14,16,18-23H,2-3H2,1H3,(H,15,17)/t5-,6-,7-,8-,9-,10-,11+,12-,13-,14+/m1/s1. The lowest BCUT2D eigenvalue weighted by Crippen LogP contribution is -2.65. The minimum Gasteiger partial charge on any atom is -0.394 e. The van der Waals surface area contributed by atoms with E-state index in [-0.39, 0.29) is 0 Å². The summed E-state index contributed by atoms with van der Waals surface area (Å²) >= 11 is 0. The van der Waals surface area contributed by atoms with Gasteiger partial charge in [0.15, 0.2) is 12.6 Å². The molecule has 2 saturated heterocycles. The van der Waals surface area contributed by atoms with Crippen molar-refractivity contribution in [3.05, 3.63) is 0 Å². The van der Waals surface area contributed by atoms with Gasteiger partial charge in [-0.3, -0.25) is 4.79 Å². The Balaban J connectivity index is 2.05. The highest BCUT2D eigenvalue weighted by Gasteiger charge is 2.47. The lowest BCUT2D eigenvalue weighted by Gasteiger charge is -2.43. The SMILES string of the molecule is CC(=O)N[C@H]1[C@@H](OC[C@H]2O[C@@H](O)[C@H](O)[C@@H](O)[C@@H]2O)O[C@H](CO)[C@@H](O)[C@@H]1O. The maximum atomic E-state index is 11.3. The molecule has 0 bridgehead atoms. The molecule has 12 nitrogen and oxygen atoms in total. The molecule has 1 amide bonds. The quantitative estimate of drug-likeness (QED) is 0.226. The smallest absolute Gasteiger partial charge is 0.217 e. The van der Waals surface area contributed by atoms with Crippen molar-refractivity contribution in [1.29, 1.82) is 0 Å². The lowest BCUT2D eigenvalue weighted by molar-refractivity contribution is -0.311. The van der Waals surface area contributed by atoms with Gasteiger partial charge in [-0.05, 0) is 0 Å². The number of amides is 1. The number of hydrogen-bond donors (Lipinski definition) is 8. The van der Waals surface area contributed by atoms with E-state index in [1.54, 1.807) is 0 Å². The third-order valence-corrected chi connectivity index (χ3v) is 4.36. The lowest BCUT2D eigenvalue weighted by atomic mass is 9.96. The van der Waals surface area contributed by atoms with Crippen LogP contribution >= 0.6 is 0 Å². The average molecular weight is 383 g/mol. The zero-order chi connectivity index (χ0) is 19.6. The van der Waals surface area contributed by atoms with Gasteiger partial charge in [0.05, 0.1) is 13.2 Å². The molecule has 2 fully saturated rings. The number of aliphatic hydroxyl groups is 7. The van der Waals surface area contributed by atoms with Crippen LogP contribution in [-0.4, -0.2) is 116 Å². The van der Waals surface area contributed by atoms with Crippen LogP contribution in [0.4, 0.5) is 0 Å². The van der Waals surface area contributed by atoms with Crippen LogP contribution in [0.3, 0.4) is 0 Å². The summed E-state index contributed by atoms with van der Waals surface area (Å²) in [6.07, 6.45) is -13.5. The first-order chi connectivity index (χ1) is 12.2. The van der Waals surface area contributed by atoms with E-state index < -0.39 is 80.5 Å². The number of nitrogens with one attached hydrogen (secondary N) is 1. The van der Waals surface area contributed by atoms with Crippen LogP contribution in [0.2, 0.25) is 0 Å². The van der Waals surface area contributed by atoms with E-state index >= 15 is 0 Å². The fourth-order valence-corrected chi connectivity index (χ4v) is 2.87. The van der Waals surface area contributed by atoms with Gasteiger partial charge in [-0.15, -0.1) is 0 Å². The summed E-state index contributed by atoms with van der Waals surface area (Å²) in [5.41, 5.74) is 0. The van der Waals surface area contributed by atoms with E-state index in [0.29, 0.717) is 0 Å². The Bertz CT molecular complexity index is 480. The third-order valence-electron chi connectivity index (χ3n) is 4.36. The summed E-state index contributed by atoms with van der Waals surface area (Å²) in [5, 5.41) is 70.1. The first kappa shape index (κ1) is 21.4. The number of carbonyl (C=O) groups is 1. The normalized spacial score (nSPS) is 46.8. The highest BCUT2D eigenvalue weighted by atomic mass is 16.7. The Labute approximate surface area is 148 Å². The minimum absolute atomic E-state index is 0.455. The van der Waals surface area contributed by atoms with E-state index in [4.69, 9.17) is 14.2 Å². The Hall–Kier alpha value is -0.930.